The summed E-state index contributed by atoms with van der Waals surface area (Å²) in [6.07, 6.45) is 3.48. The highest BCUT2D eigenvalue weighted by Gasteiger charge is 2.10. The fourth-order valence-electron chi connectivity index (χ4n) is 3.22. The van der Waals surface area contributed by atoms with Crippen LogP contribution in [0.15, 0.2) is 67.0 Å². The maximum Gasteiger partial charge on any atom is 0.163 e. The summed E-state index contributed by atoms with van der Waals surface area (Å²) in [6.45, 7) is 1.09. The first-order valence-corrected chi connectivity index (χ1v) is 9.43. The summed E-state index contributed by atoms with van der Waals surface area (Å²) in [5, 5.41) is 4.35. The highest BCUT2D eigenvalue weighted by Crippen LogP contribution is 2.25. The molecule has 0 unspecified atom stereocenters. The summed E-state index contributed by atoms with van der Waals surface area (Å²) in [6, 6.07) is 16.9. The Hall–Kier alpha value is -3.38. The number of pyridine rings is 1. The Labute approximate surface area is 169 Å². The van der Waals surface area contributed by atoms with Gasteiger partial charge in [0.15, 0.2) is 5.82 Å². The maximum absolute atomic E-state index is 14.1. The number of hydrogen-bond donors (Lipinski definition) is 1. The monoisotopic (exact) mass is 387 g/mol. The molecule has 0 saturated heterocycles. The van der Waals surface area contributed by atoms with E-state index in [1.54, 1.807) is 18.5 Å². The van der Waals surface area contributed by atoms with E-state index in [2.05, 4.69) is 15.3 Å². The van der Waals surface area contributed by atoms with E-state index < -0.39 is 0 Å². The van der Waals surface area contributed by atoms with Crippen molar-refractivity contribution in [1.82, 2.24) is 19.9 Å². The predicted octanol–water partition coefficient (Wildman–Crippen LogP) is 4.50. The van der Waals surface area contributed by atoms with E-state index in [1.807, 2.05) is 61.5 Å². The van der Waals surface area contributed by atoms with Gasteiger partial charge in [0.05, 0.1) is 5.52 Å². The van der Waals surface area contributed by atoms with Gasteiger partial charge >= 0.3 is 0 Å². The third kappa shape index (κ3) is 4.38. The van der Waals surface area contributed by atoms with Crippen LogP contribution in [0.25, 0.3) is 22.3 Å². The summed E-state index contributed by atoms with van der Waals surface area (Å²) in [4.78, 5) is 15.5. The molecular weight excluding hydrogens is 365 g/mol. The quantitative estimate of drug-likeness (QED) is 0.528. The Kier molecular flexibility index (Phi) is 5.44. The van der Waals surface area contributed by atoms with Crippen molar-refractivity contribution in [3.05, 3.63) is 83.9 Å². The molecule has 0 aliphatic carbocycles. The number of para-hydroxylation sites is 1. The molecule has 0 fully saturated rings. The average Bonchev–Trinajstić information content (AvgIpc) is 2.74. The molecule has 2 heterocycles. The van der Waals surface area contributed by atoms with Crippen molar-refractivity contribution in [2.75, 3.05) is 19.4 Å². The summed E-state index contributed by atoms with van der Waals surface area (Å²) in [5.74, 6) is 1.17. The third-order valence-corrected chi connectivity index (χ3v) is 4.58. The van der Waals surface area contributed by atoms with Gasteiger partial charge in [0.25, 0.3) is 0 Å². The molecule has 0 atom stereocenters. The first kappa shape index (κ1) is 19.0. The van der Waals surface area contributed by atoms with Crippen LogP contribution in [0.4, 0.5) is 10.2 Å². The molecule has 6 heteroatoms. The Morgan fingerprint density at radius 2 is 1.86 bits per heavy atom. The summed E-state index contributed by atoms with van der Waals surface area (Å²) < 4.78 is 14.1. The van der Waals surface area contributed by atoms with Crippen molar-refractivity contribution in [2.45, 2.75) is 13.1 Å². The van der Waals surface area contributed by atoms with E-state index in [0.717, 1.165) is 27.8 Å². The van der Waals surface area contributed by atoms with Gasteiger partial charge in [-0.05, 0) is 56.1 Å². The highest BCUT2D eigenvalue weighted by molar-refractivity contribution is 5.90. The number of aromatic nitrogens is 3. The van der Waals surface area contributed by atoms with E-state index in [-0.39, 0.29) is 5.82 Å². The second-order valence-corrected chi connectivity index (χ2v) is 7.17. The number of fused-ring (bicyclic) bond motifs is 1. The zero-order chi connectivity index (χ0) is 20.2. The molecule has 0 spiro atoms. The molecule has 146 valence electrons. The number of rotatable bonds is 6. The van der Waals surface area contributed by atoms with Crippen LogP contribution in [0.1, 0.15) is 11.1 Å². The van der Waals surface area contributed by atoms with Gasteiger partial charge in [-0.1, -0.05) is 18.2 Å². The van der Waals surface area contributed by atoms with Crippen LogP contribution in [0.2, 0.25) is 0 Å². The number of nitrogens with zero attached hydrogens (tertiary/aromatic N) is 4. The molecule has 29 heavy (non-hydrogen) atoms. The predicted molar refractivity (Wildman–Crippen MR) is 114 cm³/mol. The summed E-state index contributed by atoms with van der Waals surface area (Å²) in [5.41, 5.74) is 3.39. The zero-order valence-electron chi connectivity index (χ0n) is 16.4. The molecule has 5 nitrogen and oxygen atoms in total. The third-order valence-electron chi connectivity index (χ3n) is 4.58. The Morgan fingerprint density at radius 1 is 1.00 bits per heavy atom. The normalized spacial score (nSPS) is 11.2. The van der Waals surface area contributed by atoms with Crippen molar-refractivity contribution >= 4 is 16.7 Å². The molecule has 1 N–H and O–H groups in total. The first-order valence-electron chi connectivity index (χ1n) is 9.43. The lowest BCUT2D eigenvalue weighted by Crippen LogP contribution is -2.12. The van der Waals surface area contributed by atoms with Crippen molar-refractivity contribution in [3.63, 3.8) is 0 Å². The lowest BCUT2D eigenvalue weighted by atomic mass is 10.1. The Morgan fingerprint density at radius 3 is 2.66 bits per heavy atom. The molecule has 0 aliphatic heterocycles. The van der Waals surface area contributed by atoms with E-state index in [1.165, 1.54) is 6.07 Å². The van der Waals surface area contributed by atoms with E-state index in [9.17, 15) is 4.39 Å². The van der Waals surface area contributed by atoms with Crippen LogP contribution in [0.5, 0.6) is 0 Å². The molecule has 0 saturated carbocycles. The molecule has 0 radical (unpaired) electrons. The van der Waals surface area contributed by atoms with Gasteiger partial charge in [0, 0.05) is 42.0 Å². The van der Waals surface area contributed by atoms with Crippen LogP contribution in [0, 0.1) is 5.82 Å². The Balaban J connectivity index is 1.66. The number of anilines is 1. The van der Waals surface area contributed by atoms with Crippen molar-refractivity contribution in [2.24, 2.45) is 0 Å². The highest BCUT2D eigenvalue weighted by atomic mass is 19.1. The molecule has 4 rings (SSSR count). The summed E-state index contributed by atoms with van der Waals surface area (Å²) >= 11 is 0. The standard InChI is InChI=1S/C23H22FN5/c1-29(2)15-18-12-16(9-10-20(18)24)13-26-23-19-7-3-4-8-21(19)27-22(28-23)17-6-5-11-25-14-17/h3-12,14H,13,15H2,1-2H3,(H,26,27,28). The molecule has 2 aromatic heterocycles. The minimum atomic E-state index is -0.186. The minimum Gasteiger partial charge on any atom is -0.365 e. The largest absolute Gasteiger partial charge is 0.365 e. The zero-order valence-corrected chi connectivity index (χ0v) is 16.4. The van der Waals surface area contributed by atoms with Crippen molar-refractivity contribution in [1.29, 1.82) is 0 Å². The van der Waals surface area contributed by atoms with Crippen LogP contribution >= 0.6 is 0 Å². The van der Waals surface area contributed by atoms with E-state index in [4.69, 9.17) is 4.98 Å². The lowest BCUT2D eigenvalue weighted by Gasteiger charge is -2.14. The van der Waals surface area contributed by atoms with Crippen molar-refractivity contribution < 1.29 is 4.39 Å². The smallest absolute Gasteiger partial charge is 0.163 e. The fraction of sp³-hybridized carbons (Fsp3) is 0.174. The molecule has 0 amide bonds. The fourth-order valence-corrected chi connectivity index (χ4v) is 3.22. The van der Waals surface area contributed by atoms with E-state index >= 15 is 0 Å². The molecule has 2 aromatic carbocycles. The van der Waals surface area contributed by atoms with Gasteiger partial charge < -0.3 is 10.2 Å². The second kappa shape index (κ2) is 8.32. The molecule has 0 bridgehead atoms. The van der Waals surface area contributed by atoms with Crippen LogP contribution < -0.4 is 5.32 Å². The van der Waals surface area contributed by atoms with Crippen molar-refractivity contribution in [3.8, 4) is 11.4 Å². The first-order chi connectivity index (χ1) is 14.1. The van der Waals surface area contributed by atoms with Gasteiger partial charge in [-0.3, -0.25) is 4.98 Å². The lowest BCUT2D eigenvalue weighted by molar-refractivity contribution is 0.392. The number of benzene rings is 2. The average molecular weight is 387 g/mol. The second-order valence-electron chi connectivity index (χ2n) is 7.17. The molecule has 4 aromatic rings. The SMILES string of the molecule is CN(C)Cc1cc(CNc2nc(-c3cccnc3)nc3ccccc23)ccc1F. The van der Waals surface area contributed by atoms with Gasteiger partial charge in [-0.15, -0.1) is 0 Å². The molecule has 0 aliphatic rings. The number of nitrogens with one attached hydrogen (secondary N) is 1. The van der Waals surface area contributed by atoms with Gasteiger partial charge in [-0.25, -0.2) is 14.4 Å². The van der Waals surface area contributed by atoms with Crippen LogP contribution in [-0.2, 0) is 13.1 Å². The Bertz CT molecular complexity index is 1130. The van der Waals surface area contributed by atoms with Gasteiger partial charge in [-0.2, -0.15) is 0 Å². The van der Waals surface area contributed by atoms with Gasteiger partial charge in [0.2, 0.25) is 0 Å². The minimum absolute atomic E-state index is 0.186. The number of halogens is 1. The number of hydrogen-bond acceptors (Lipinski definition) is 5. The molecular formula is C23H22FN5. The van der Waals surface area contributed by atoms with E-state index in [0.29, 0.717) is 24.5 Å². The van der Waals surface area contributed by atoms with Crippen LogP contribution in [-0.4, -0.2) is 33.9 Å². The topological polar surface area (TPSA) is 53.9 Å². The van der Waals surface area contributed by atoms with Crippen LogP contribution in [0.3, 0.4) is 0 Å². The van der Waals surface area contributed by atoms with Gasteiger partial charge in [0.1, 0.15) is 11.6 Å². The summed E-state index contributed by atoms with van der Waals surface area (Å²) in [7, 11) is 3.86. The maximum atomic E-state index is 14.1.